The first-order valence-electron chi connectivity index (χ1n) is 7.12. The van der Waals surface area contributed by atoms with Crippen LogP contribution >= 0.6 is 0 Å². The van der Waals surface area contributed by atoms with Gasteiger partial charge in [0, 0.05) is 6.42 Å². The standard InChI is InChI=1S/C16H23NO3/c1-11-7-12(2)9-14(8-11)20-13-5-4-6-16(10-13,17-3)15(18)19/h7-9,13,17H,4-6,10H2,1-3H3,(H,18,19). The minimum Gasteiger partial charge on any atom is -0.490 e. The third-order valence-corrected chi connectivity index (χ3v) is 4.09. The van der Waals surface area contributed by atoms with Crippen molar-refractivity contribution in [3.63, 3.8) is 0 Å². The molecule has 0 radical (unpaired) electrons. The zero-order chi connectivity index (χ0) is 14.8. The maximum Gasteiger partial charge on any atom is 0.324 e. The molecule has 1 aromatic carbocycles. The van der Waals surface area contributed by atoms with E-state index in [0.29, 0.717) is 12.8 Å². The molecule has 0 bridgehead atoms. The van der Waals surface area contributed by atoms with Crippen LogP contribution in [0.5, 0.6) is 5.75 Å². The fraction of sp³-hybridized carbons (Fsp3) is 0.562. The number of hydrogen-bond acceptors (Lipinski definition) is 3. The Hall–Kier alpha value is -1.55. The Morgan fingerprint density at radius 3 is 2.55 bits per heavy atom. The van der Waals surface area contributed by atoms with Crippen molar-refractivity contribution >= 4 is 5.97 Å². The average Bonchev–Trinajstić information content (AvgIpc) is 2.37. The molecular formula is C16H23NO3. The van der Waals surface area contributed by atoms with Crippen LogP contribution < -0.4 is 10.1 Å². The molecule has 2 rings (SSSR count). The highest BCUT2D eigenvalue weighted by Crippen LogP contribution is 2.31. The minimum absolute atomic E-state index is 0.0477. The highest BCUT2D eigenvalue weighted by Gasteiger charge is 2.42. The lowest BCUT2D eigenvalue weighted by molar-refractivity contribution is -0.147. The lowest BCUT2D eigenvalue weighted by atomic mass is 9.80. The van der Waals surface area contributed by atoms with Crippen LogP contribution in [0.1, 0.15) is 36.8 Å². The van der Waals surface area contributed by atoms with Crippen molar-refractivity contribution in [2.45, 2.75) is 51.2 Å². The number of benzene rings is 1. The van der Waals surface area contributed by atoms with Crippen LogP contribution in [-0.2, 0) is 4.79 Å². The van der Waals surface area contributed by atoms with Gasteiger partial charge in [-0.25, -0.2) is 0 Å². The summed E-state index contributed by atoms with van der Waals surface area (Å²) in [6.45, 7) is 4.08. The zero-order valence-corrected chi connectivity index (χ0v) is 12.4. The zero-order valence-electron chi connectivity index (χ0n) is 12.4. The Morgan fingerprint density at radius 2 is 2.00 bits per heavy atom. The van der Waals surface area contributed by atoms with Crippen LogP contribution in [0.3, 0.4) is 0 Å². The minimum atomic E-state index is -0.845. The number of nitrogens with one attached hydrogen (secondary N) is 1. The average molecular weight is 277 g/mol. The van der Waals surface area contributed by atoms with Crippen LogP contribution in [0.2, 0.25) is 0 Å². The number of carboxylic acids is 1. The van der Waals surface area contributed by atoms with Gasteiger partial charge in [-0.15, -0.1) is 0 Å². The van der Waals surface area contributed by atoms with E-state index in [0.717, 1.165) is 29.7 Å². The van der Waals surface area contributed by atoms with Crippen LogP contribution in [0.25, 0.3) is 0 Å². The molecule has 2 N–H and O–H groups in total. The first-order chi connectivity index (χ1) is 9.45. The van der Waals surface area contributed by atoms with Gasteiger partial charge in [0.25, 0.3) is 0 Å². The second-order valence-electron chi connectivity index (χ2n) is 5.80. The fourth-order valence-electron chi connectivity index (χ4n) is 3.05. The number of carboxylic acid groups (broad SMARTS) is 1. The number of rotatable bonds is 4. The quantitative estimate of drug-likeness (QED) is 0.888. The van der Waals surface area contributed by atoms with E-state index in [1.165, 1.54) is 0 Å². The smallest absolute Gasteiger partial charge is 0.324 e. The normalized spacial score (nSPS) is 26.2. The Morgan fingerprint density at radius 1 is 1.35 bits per heavy atom. The number of likely N-dealkylation sites (N-methyl/N-ethyl adjacent to an activating group) is 1. The summed E-state index contributed by atoms with van der Waals surface area (Å²) in [5.41, 5.74) is 1.48. The lowest BCUT2D eigenvalue weighted by Crippen LogP contribution is -2.55. The predicted octanol–water partition coefficient (Wildman–Crippen LogP) is 2.67. The third kappa shape index (κ3) is 3.12. The molecule has 0 heterocycles. The molecule has 20 heavy (non-hydrogen) atoms. The third-order valence-electron chi connectivity index (χ3n) is 4.09. The van der Waals surface area contributed by atoms with Crippen LogP contribution in [0.15, 0.2) is 18.2 Å². The van der Waals surface area contributed by atoms with E-state index in [2.05, 4.69) is 11.4 Å². The fourth-order valence-corrected chi connectivity index (χ4v) is 3.05. The molecule has 1 aliphatic rings. The summed E-state index contributed by atoms with van der Waals surface area (Å²) in [5.74, 6) is 0.0542. The number of ether oxygens (including phenoxy) is 1. The summed E-state index contributed by atoms with van der Waals surface area (Å²) in [6.07, 6.45) is 2.89. The maximum absolute atomic E-state index is 11.5. The van der Waals surface area contributed by atoms with Crippen molar-refractivity contribution in [1.29, 1.82) is 0 Å². The topological polar surface area (TPSA) is 58.6 Å². The molecule has 2 atom stereocenters. The molecule has 110 valence electrons. The second kappa shape index (κ2) is 5.83. The van der Waals surface area contributed by atoms with Crippen molar-refractivity contribution in [3.05, 3.63) is 29.3 Å². The first-order valence-corrected chi connectivity index (χ1v) is 7.12. The van der Waals surface area contributed by atoms with Gasteiger partial charge in [0.15, 0.2) is 0 Å². The summed E-state index contributed by atoms with van der Waals surface area (Å²) < 4.78 is 6.02. The molecule has 4 heteroatoms. The van der Waals surface area contributed by atoms with E-state index < -0.39 is 11.5 Å². The molecule has 0 aliphatic heterocycles. The SMILES string of the molecule is CNC1(C(=O)O)CCCC(Oc2cc(C)cc(C)c2)C1. The van der Waals surface area contributed by atoms with E-state index in [1.807, 2.05) is 26.0 Å². The monoisotopic (exact) mass is 277 g/mol. The number of carbonyl (C=O) groups is 1. The van der Waals surface area contributed by atoms with Gasteiger partial charge in [-0.3, -0.25) is 4.79 Å². The second-order valence-corrected chi connectivity index (χ2v) is 5.80. The van der Waals surface area contributed by atoms with E-state index in [9.17, 15) is 9.90 Å². The Balaban J connectivity index is 2.11. The van der Waals surface area contributed by atoms with Crippen molar-refractivity contribution in [1.82, 2.24) is 5.32 Å². The van der Waals surface area contributed by atoms with Gasteiger partial charge < -0.3 is 15.2 Å². The highest BCUT2D eigenvalue weighted by atomic mass is 16.5. The number of aliphatic carboxylic acids is 1. The van der Waals surface area contributed by atoms with Gasteiger partial charge in [0.2, 0.25) is 0 Å². The van der Waals surface area contributed by atoms with Crippen molar-refractivity contribution in [2.24, 2.45) is 0 Å². The molecule has 0 aromatic heterocycles. The van der Waals surface area contributed by atoms with Gasteiger partial charge in [-0.2, -0.15) is 0 Å². The number of aryl methyl sites for hydroxylation is 2. The lowest BCUT2D eigenvalue weighted by Gasteiger charge is -2.37. The molecule has 2 unspecified atom stereocenters. The molecule has 1 saturated carbocycles. The van der Waals surface area contributed by atoms with Gasteiger partial charge in [0.1, 0.15) is 17.4 Å². The summed E-state index contributed by atoms with van der Waals surface area (Å²) in [4.78, 5) is 11.5. The molecule has 1 aliphatic carbocycles. The van der Waals surface area contributed by atoms with Gasteiger partial charge in [0.05, 0.1) is 0 Å². The molecule has 0 spiro atoms. The Kier molecular flexibility index (Phi) is 4.33. The van der Waals surface area contributed by atoms with Crippen LogP contribution in [0.4, 0.5) is 0 Å². The van der Waals surface area contributed by atoms with Crippen molar-refractivity contribution < 1.29 is 14.6 Å². The first kappa shape index (κ1) is 14.9. The van der Waals surface area contributed by atoms with Crippen LogP contribution in [-0.4, -0.2) is 29.8 Å². The van der Waals surface area contributed by atoms with Crippen molar-refractivity contribution in [3.8, 4) is 5.75 Å². The molecule has 0 amide bonds. The molecule has 4 nitrogen and oxygen atoms in total. The predicted molar refractivity (Wildman–Crippen MR) is 78.2 cm³/mol. The Labute approximate surface area is 120 Å². The van der Waals surface area contributed by atoms with E-state index >= 15 is 0 Å². The maximum atomic E-state index is 11.5. The van der Waals surface area contributed by atoms with Crippen LogP contribution in [0, 0.1) is 13.8 Å². The van der Waals surface area contributed by atoms with Crippen molar-refractivity contribution in [2.75, 3.05) is 7.05 Å². The molecule has 0 saturated heterocycles. The van der Waals surface area contributed by atoms with Gasteiger partial charge in [-0.1, -0.05) is 6.07 Å². The summed E-state index contributed by atoms with van der Waals surface area (Å²) in [5, 5.41) is 12.4. The largest absolute Gasteiger partial charge is 0.490 e. The molecule has 1 fully saturated rings. The van der Waals surface area contributed by atoms with E-state index in [4.69, 9.17) is 4.74 Å². The van der Waals surface area contributed by atoms with Gasteiger partial charge in [-0.05, 0) is 63.4 Å². The summed E-state index contributed by atoms with van der Waals surface area (Å²) >= 11 is 0. The molecule has 1 aromatic rings. The number of hydrogen-bond donors (Lipinski definition) is 2. The van der Waals surface area contributed by atoms with E-state index in [-0.39, 0.29) is 6.10 Å². The summed E-state index contributed by atoms with van der Waals surface area (Å²) in [7, 11) is 1.72. The van der Waals surface area contributed by atoms with Gasteiger partial charge >= 0.3 is 5.97 Å². The Bertz CT molecular complexity index is 480. The van der Waals surface area contributed by atoms with E-state index in [1.54, 1.807) is 7.05 Å². The highest BCUT2D eigenvalue weighted by molar-refractivity contribution is 5.79. The molecular weight excluding hydrogens is 254 g/mol. The summed E-state index contributed by atoms with van der Waals surface area (Å²) in [6, 6.07) is 6.11.